The molecular weight excluding hydrogens is 448 g/mol. The van der Waals surface area contributed by atoms with Gasteiger partial charge in [-0.1, -0.05) is 41.6 Å². The van der Waals surface area contributed by atoms with Crippen molar-refractivity contribution < 1.29 is 24.2 Å². The van der Waals surface area contributed by atoms with E-state index in [4.69, 9.17) is 11.6 Å². The van der Waals surface area contributed by atoms with E-state index in [1.165, 1.54) is 47.4 Å². The molecule has 1 atom stereocenters. The van der Waals surface area contributed by atoms with Gasteiger partial charge in [0.15, 0.2) is 0 Å². The van der Waals surface area contributed by atoms with E-state index in [-0.39, 0.29) is 23.4 Å². The third kappa shape index (κ3) is 4.49. The van der Waals surface area contributed by atoms with E-state index in [2.05, 4.69) is 4.98 Å². The number of non-ortho nitro benzene ring substituents is 1. The van der Waals surface area contributed by atoms with Gasteiger partial charge in [0.25, 0.3) is 11.6 Å². The van der Waals surface area contributed by atoms with Gasteiger partial charge in [-0.3, -0.25) is 24.7 Å². The van der Waals surface area contributed by atoms with E-state index >= 15 is 0 Å². The molecule has 1 saturated heterocycles. The Kier molecular flexibility index (Phi) is 6.23. The number of carbonyl (C=O) groups is 2. The number of benzene rings is 2. The Labute approximate surface area is 193 Å². The monoisotopic (exact) mass is 466 g/mol. The van der Waals surface area contributed by atoms with Crippen LogP contribution in [0.3, 0.4) is 0 Å². The summed E-state index contributed by atoms with van der Waals surface area (Å²) >= 11 is 5.91. The smallest absolute Gasteiger partial charge is 0.295 e. The highest BCUT2D eigenvalue weighted by Crippen LogP contribution is 2.39. The number of hydrogen-bond donors (Lipinski definition) is 1. The number of aromatic nitrogens is 2. The number of amides is 1. The van der Waals surface area contributed by atoms with Crippen molar-refractivity contribution in [1.82, 2.24) is 9.88 Å². The maximum absolute atomic E-state index is 13.3. The van der Waals surface area contributed by atoms with E-state index in [9.17, 15) is 24.8 Å². The van der Waals surface area contributed by atoms with Crippen LogP contribution in [0.1, 0.15) is 23.6 Å². The van der Waals surface area contributed by atoms with Gasteiger partial charge in [0.1, 0.15) is 12.4 Å². The molecule has 9 nitrogen and oxygen atoms in total. The molecule has 168 valence electrons. The summed E-state index contributed by atoms with van der Waals surface area (Å²) < 4.78 is 1.88. The molecule has 3 aromatic rings. The van der Waals surface area contributed by atoms with Crippen LogP contribution in [-0.2, 0) is 16.1 Å². The summed E-state index contributed by atoms with van der Waals surface area (Å²) in [6, 6.07) is 10.6. The quantitative estimate of drug-likeness (QED) is 0.143. The lowest BCUT2D eigenvalue weighted by atomic mass is 9.95. The number of ketones is 1. The molecule has 0 radical (unpaired) electrons. The van der Waals surface area contributed by atoms with E-state index < -0.39 is 28.4 Å². The van der Waals surface area contributed by atoms with E-state index in [0.717, 1.165) is 0 Å². The molecule has 0 saturated carbocycles. The molecular formula is C23H19ClN4O5. The first-order chi connectivity index (χ1) is 15.9. The SMILES string of the molecule is O=C1C(=O)N(CCC[n+]2cc[nH]c2)C(c2cccc([N+](=O)[O-])c2)/C1=C(\[O-])c1ccc(Cl)cc1. The fourth-order valence-corrected chi connectivity index (χ4v) is 4.02. The van der Waals surface area contributed by atoms with Crippen molar-refractivity contribution in [3.8, 4) is 0 Å². The first kappa shape index (κ1) is 22.2. The lowest BCUT2D eigenvalue weighted by Crippen LogP contribution is -2.36. The van der Waals surface area contributed by atoms with Crippen LogP contribution in [0.2, 0.25) is 5.02 Å². The van der Waals surface area contributed by atoms with Gasteiger partial charge >= 0.3 is 0 Å². The Hall–Kier alpha value is -3.98. The number of nitrogens with one attached hydrogen (secondary N) is 1. The number of imidazole rings is 1. The largest absolute Gasteiger partial charge is 0.872 e. The Bertz CT molecular complexity index is 1240. The average molecular weight is 467 g/mol. The highest BCUT2D eigenvalue weighted by atomic mass is 35.5. The van der Waals surface area contributed by atoms with Gasteiger partial charge in [-0.05, 0) is 23.3 Å². The summed E-state index contributed by atoms with van der Waals surface area (Å²) in [5.74, 6) is -2.31. The number of nitrogens with zero attached hydrogens (tertiary/aromatic N) is 3. The molecule has 1 aromatic heterocycles. The minimum atomic E-state index is -1.02. The maximum atomic E-state index is 13.3. The number of halogens is 1. The van der Waals surface area contributed by atoms with Crippen molar-refractivity contribution in [3.05, 3.63) is 99.1 Å². The fourth-order valence-electron chi connectivity index (χ4n) is 3.90. The number of carbonyl (C=O) groups excluding carboxylic acids is 2. The van der Waals surface area contributed by atoms with E-state index in [0.29, 0.717) is 23.6 Å². The standard InChI is InChI=1S/C23H19ClN4O5/c24-17-7-5-15(6-8-17)21(29)19-20(16-3-1-4-18(13-16)28(32)33)27(23(31)22(19)30)11-2-10-26-12-9-25-14-26/h1,3-9,12-14,20H,2,10-11H2,(H,29,30). The molecule has 1 unspecified atom stereocenters. The molecule has 33 heavy (non-hydrogen) atoms. The molecule has 0 spiro atoms. The van der Waals surface area contributed by atoms with Crippen LogP contribution in [0.5, 0.6) is 0 Å². The number of nitro groups is 1. The number of likely N-dealkylation sites (tertiary alicyclic amines) is 1. The maximum Gasteiger partial charge on any atom is 0.295 e. The Balaban J connectivity index is 1.76. The van der Waals surface area contributed by atoms with Crippen molar-refractivity contribution in [2.24, 2.45) is 0 Å². The number of rotatable bonds is 7. The van der Waals surface area contributed by atoms with E-state index in [1.807, 2.05) is 10.8 Å². The summed E-state index contributed by atoms with van der Waals surface area (Å²) in [6.45, 7) is 0.761. The van der Waals surface area contributed by atoms with Crippen LogP contribution in [-0.4, -0.2) is 33.0 Å². The molecule has 0 aliphatic carbocycles. The molecule has 0 bridgehead atoms. The molecule has 1 aliphatic heterocycles. The van der Waals surface area contributed by atoms with Crippen molar-refractivity contribution in [3.63, 3.8) is 0 Å². The Morgan fingerprint density at radius 1 is 1.18 bits per heavy atom. The number of Topliss-reactive ketones (excluding diaryl/α,β-unsaturated/α-hetero) is 1. The zero-order chi connectivity index (χ0) is 23.5. The van der Waals surface area contributed by atoms with Crippen LogP contribution in [0.15, 0.2) is 72.8 Å². The zero-order valence-corrected chi connectivity index (χ0v) is 18.1. The molecule has 1 aliphatic rings. The number of H-pyrrole nitrogens is 1. The van der Waals surface area contributed by atoms with Gasteiger partial charge in [0, 0.05) is 35.7 Å². The van der Waals surface area contributed by atoms with Crippen LogP contribution < -0.4 is 9.67 Å². The summed E-state index contributed by atoms with van der Waals surface area (Å²) in [6.07, 6.45) is 5.86. The zero-order valence-electron chi connectivity index (χ0n) is 17.3. The normalized spacial score (nSPS) is 17.5. The number of nitro benzene ring substituents is 1. The van der Waals surface area contributed by atoms with E-state index in [1.54, 1.807) is 18.6 Å². The topological polar surface area (TPSA) is 123 Å². The Morgan fingerprint density at radius 2 is 1.94 bits per heavy atom. The van der Waals surface area contributed by atoms with Crippen LogP contribution >= 0.6 is 11.6 Å². The van der Waals surface area contributed by atoms with Gasteiger partial charge in [-0.25, -0.2) is 4.57 Å². The summed E-state index contributed by atoms with van der Waals surface area (Å²) in [4.78, 5) is 40.9. The van der Waals surface area contributed by atoms with Gasteiger partial charge in [0.2, 0.25) is 12.1 Å². The lowest BCUT2D eigenvalue weighted by molar-refractivity contribution is -0.695. The first-order valence-electron chi connectivity index (χ1n) is 10.2. The third-order valence-corrected chi connectivity index (χ3v) is 5.70. The number of aryl methyl sites for hydroxylation is 1. The third-order valence-electron chi connectivity index (χ3n) is 5.45. The molecule has 2 heterocycles. The van der Waals surface area contributed by atoms with Crippen molar-refractivity contribution in [2.45, 2.75) is 19.0 Å². The molecule has 2 aromatic carbocycles. The van der Waals surface area contributed by atoms with Gasteiger partial charge in [-0.2, -0.15) is 0 Å². The molecule has 1 fully saturated rings. The first-order valence-corrected chi connectivity index (χ1v) is 10.5. The van der Waals surface area contributed by atoms with Gasteiger partial charge in [-0.15, -0.1) is 0 Å². The minimum Gasteiger partial charge on any atom is -0.872 e. The van der Waals surface area contributed by atoms with Crippen molar-refractivity contribution >= 4 is 34.7 Å². The van der Waals surface area contributed by atoms with Crippen molar-refractivity contribution in [2.75, 3.05) is 6.54 Å². The minimum absolute atomic E-state index is 0.188. The second kappa shape index (κ2) is 9.25. The van der Waals surface area contributed by atoms with Gasteiger partial charge < -0.3 is 10.0 Å². The van der Waals surface area contributed by atoms with Crippen molar-refractivity contribution in [1.29, 1.82) is 0 Å². The van der Waals surface area contributed by atoms with Gasteiger partial charge in [0.05, 0.1) is 17.5 Å². The molecule has 10 heteroatoms. The second-order valence-electron chi connectivity index (χ2n) is 7.53. The molecule has 1 N–H and O–H groups in total. The summed E-state index contributed by atoms with van der Waals surface area (Å²) in [5.41, 5.74) is 0.114. The number of hydrogen-bond acceptors (Lipinski definition) is 5. The highest BCUT2D eigenvalue weighted by molar-refractivity contribution is 6.46. The average Bonchev–Trinajstić information content (AvgIpc) is 3.41. The summed E-state index contributed by atoms with van der Waals surface area (Å²) in [7, 11) is 0. The highest BCUT2D eigenvalue weighted by Gasteiger charge is 2.44. The molecule has 1 amide bonds. The second-order valence-corrected chi connectivity index (χ2v) is 7.97. The lowest BCUT2D eigenvalue weighted by Gasteiger charge is -2.27. The van der Waals surface area contributed by atoms with Crippen LogP contribution in [0.4, 0.5) is 5.69 Å². The number of aromatic amines is 1. The Morgan fingerprint density at radius 3 is 2.61 bits per heavy atom. The van der Waals surface area contributed by atoms with Crippen LogP contribution in [0.25, 0.3) is 5.76 Å². The van der Waals surface area contributed by atoms with Crippen LogP contribution in [0, 0.1) is 10.1 Å². The predicted octanol–water partition coefficient (Wildman–Crippen LogP) is 2.18. The fraction of sp³-hybridized carbons (Fsp3) is 0.174. The molecule has 4 rings (SSSR count). The summed E-state index contributed by atoms with van der Waals surface area (Å²) in [5, 5.41) is 25.0. The predicted molar refractivity (Wildman–Crippen MR) is 117 cm³/mol.